The van der Waals surface area contributed by atoms with Crippen molar-refractivity contribution in [2.75, 3.05) is 19.6 Å². The van der Waals surface area contributed by atoms with Crippen molar-refractivity contribution in [2.24, 2.45) is 0 Å². The third-order valence-corrected chi connectivity index (χ3v) is 5.30. The lowest BCUT2D eigenvalue weighted by molar-refractivity contribution is 0.162. The molecule has 1 atom stereocenters. The van der Waals surface area contributed by atoms with Crippen molar-refractivity contribution in [1.29, 1.82) is 0 Å². The minimum absolute atomic E-state index is 0.632. The number of benzene rings is 1. The van der Waals surface area contributed by atoms with Gasteiger partial charge in [0.25, 0.3) is 0 Å². The molecule has 4 rings (SSSR count). The fraction of sp³-hybridized carbons (Fsp3) is 0.429. The summed E-state index contributed by atoms with van der Waals surface area (Å²) in [6.07, 6.45) is 4.47. The molecule has 1 fully saturated rings. The highest BCUT2D eigenvalue weighted by molar-refractivity contribution is 5.74. The van der Waals surface area contributed by atoms with Crippen LogP contribution < -0.4 is 0 Å². The summed E-state index contributed by atoms with van der Waals surface area (Å²) in [6, 6.07) is 15.0. The average Bonchev–Trinajstić information content (AvgIpc) is 3.28. The van der Waals surface area contributed by atoms with E-state index < -0.39 is 0 Å². The molecule has 5 heteroatoms. The molecule has 0 bridgehead atoms. The van der Waals surface area contributed by atoms with Crippen LogP contribution in [0, 0.1) is 0 Å². The first-order valence-corrected chi connectivity index (χ1v) is 9.62. The second-order valence-electron chi connectivity index (χ2n) is 7.12. The Hall–Kier alpha value is -2.24. The Morgan fingerprint density at radius 1 is 1.15 bits per heavy atom. The second-order valence-corrected chi connectivity index (χ2v) is 7.12. The van der Waals surface area contributed by atoms with Gasteiger partial charge in [-0.15, -0.1) is 0 Å². The molecule has 0 unspecified atom stereocenters. The average molecular weight is 349 g/mol. The summed E-state index contributed by atoms with van der Waals surface area (Å²) in [5, 5.41) is 0. The second kappa shape index (κ2) is 7.98. The normalized spacial score (nSPS) is 18.2. The molecule has 26 heavy (non-hydrogen) atoms. The van der Waals surface area contributed by atoms with Crippen LogP contribution in [0.25, 0.3) is 11.0 Å². The van der Waals surface area contributed by atoms with Crippen LogP contribution in [0.4, 0.5) is 0 Å². The molecule has 136 valence electrons. The van der Waals surface area contributed by atoms with Crippen molar-refractivity contribution in [3.63, 3.8) is 0 Å². The van der Waals surface area contributed by atoms with Crippen LogP contribution >= 0.6 is 0 Å². The Bertz CT molecular complexity index is 796. The summed E-state index contributed by atoms with van der Waals surface area (Å²) in [7, 11) is 0. The first-order chi connectivity index (χ1) is 12.8. The van der Waals surface area contributed by atoms with Gasteiger partial charge in [-0.2, -0.15) is 0 Å². The number of fused-ring (bicyclic) bond motifs is 1. The predicted molar refractivity (Wildman–Crippen MR) is 105 cm³/mol. The molecule has 1 aliphatic heterocycles. The molecule has 0 spiro atoms. The lowest BCUT2D eigenvalue weighted by Gasteiger charge is -2.29. The first kappa shape index (κ1) is 17.2. The van der Waals surface area contributed by atoms with Crippen molar-refractivity contribution in [3.8, 4) is 0 Å². The number of nitrogens with zero attached hydrogens (tertiary/aromatic N) is 4. The molecular weight excluding hydrogens is 322 g/mol. The smallest absolute Gasteiger partial charge is 0.121 e. The monoisotopic (exact) mass is 349 g/mol. The third kappa shape index (κ3) is 3.94. The molecular formula is C21H27N5. The molecule has 1 aromatic carbocycles. The minimum Gasteiger partial charge on any atom is -0.341 e. The van der Waals surface area contributed by atoms with E-state index in [9.17, 15) is 0 Å². The van der Waals surface area contributed by atoms with E-state index in [-0.39, 0.29) is 0 Å². The Morgan fingerprint density at radius 3 is 2.85 bits per heavy atom. The van der Waals surface area contributed by atoms with E-state index in [2.05, 4.69) is 51.0 Å². The first-order valence-electron chi connectivity index (χ1n) is 9.62. The predicted octanol–water partition coefficient (Wildman–Crippen LogP) is 3.44. The summed E-state index contributed by atoms with van der Waals surface area (Å²) < 4.78 is 0. The van der Waals surface area contributed by atoms with Crippen molar-refractivity contribution in [1.82, 2.24) is 24.8 Å². The zero-order valence-corrected chi connectivity index (χ0v) is 15.4. The highest BCUT2D eigenvalue weighted by Gasteiger charge is 2.25. The number of likely N-dealkylation sites (tertiary alicyclic amines) is 1. The molecule has 3 aromatic rings. The number of aromatic amines is 1. The lowest BCUT2D eigenvalue weighted by atomic mass is 10.2. The van der Waals surface area contributed by atoms with Crippen LogP contribution in [-0.2, 0) is 13.1 Å². The standard InChI is InChI=1S/C21H27N5/c1-2-26-13-7-9-18(26)15-25(14-17-8-5-6-12-22-17)16-21-23-19-10-3-4-11-20(19)24-21/h3-6,8,10-12,18H,2,7,9,13-16H2,1H3,(H,23,24)/t18-/m1/s1. The number of H-pyrrole nitrogens is 1. The van der Waals surface area contributed by atoms with E-state index in [1.807, 2.05) is 24.4 Å². The topological polar surface area (TPSA) is 48.1 Å². The summed E-state index contributed by atoms with van der Waals surface area (Å²) in [5.74, 6) is 1.03. The van der Waals surface area contributed by atoms with Gasteiger partial charge < -0.3 is 4.98 Å². The maximum Gasteiger partial charge on any atom is 0.121 e. The van der Waals surface area contributed by atoms with Gasteiger partial charge in [0.1, 0.15) is 5.82 Å². The van der Waals surface area contributed by atoms with Crippen LogP contribution in [0.5, 0.6) is 0 Å². The highest BCUT2D eigenvalue weighted by atomic mass is 15.2. The van der Waals surface area contributed by atoms with Crippen LogP contribution in [0.15, 0.2) is 48.7 Å². The minimum atomic E-state index is 0.632. The van der Waals surface area contributed by atoms with Gasteiger partial charge in [0, 0.05) is 25.3 Å². The van der Waals surface area contributed by atoms with Crippen molar-refractivity contribution in [2.45, 2.75) is 38.9 Å². The van der Waals surface area contributed by atoms with Gasteiger partial charge in [0.15, 0.2) is 0 Å². The van der Waals surface area contributed by atoms with Gasteiger partial charge >= 0.3 is 0 Å². The molecule has 3 heterocycles. The maximum absolute atomic E-state index is 4.78. The lowest BCUT2D eigenvalue weighted by Crippen LogP contribution is -2.40. The number of likely N-dealkylation sites (N-methyl/N-ethyl adjacent to an activating group) is 1. The van der Waals surface area contributed by atoms with E-state index in [4.69, 9.17) is 4.98 Å². The number of hydrogen-bond acceptors (Lipinski definition) is 4. The number of aromatic nitrogens is 3. The Balaban J connectivity index is 1.53. The fourth-order valence-electron chi connectivity index (χ4n) is 4.01. The fourth-order valence-corrected chi connectivity index (χ4v) is 4.01. The SMILES string of the molecule is CCN1CCC[C@@H]1CN(Cc1ccccn1)Cc1nc2ccccc2[nH]1. The summed E-state index contributed by atoms with van der Waals surface area (Å²) in [5.41, 5.74) is 3.26. The van der Waals surface area contributed by atoms with E-state index >= 15 is 0 Å². The molecule has 0 aliphatic carbocycles. The Morgan fingerprint density at radius 2 is 2.04 bits per heavy atom. The highest BCUT2D eigenvalue weighted by Crippen LogP contribution is 2.20. The molecule has 5 nitrogen and oxygen atoms in total. The number of imidazole rings is 1. The molecule has 0 saturated carbocycles. The van der Waals surface area contributed by atoms with Crippen molar-refractivity contribution in [3.05, 3.63) is 60.2 Å². The molecule has 0 amide bonds. The van der Waals surface area contributed by atoms with Crippen molar-refractivity contribution < 1.29 is 0 Å². The van der Waals surface area contributed by atoms with Gasteiger partial charge in [0.2, 0.25) is 0 Å². The quantitative estimate of drug-likeness (QED) is 0.710. The van der Waals surface area contributed by atoms with E-state index in [0.717, 1.165) is 48.7 Å². The zero-order chi connectivity index (χ0) is 17.8. The molecule has 2 aromatic heterocycles. The number of nitrogens with one attached hydrogen (secondary N) is 1. The van der Waals surface area contributed by atoms with Gasteiger partial charge in [0.05, 0.1) is 23.3 Å². The van der Waals surface area contributed by atoms with E-state index in [1.54, 1.807) is 0 Å². The third-order valence-electron chi connectivity index (χ3n) is 5.30. The number of hydrogen-bond donors (Lipinski definition) is 1. The van der Waals surface area contributed by atoms with Gasteiger partial charge in [-0.1, -0.05) is 25.1 Å². The van der Waals surface area contributed by atoms with Crippen LogP contribution in [0.1, 0.15) is 31.3 Å². The molecule has 1 N–H and O–H groups in total. The maximum atomic E-state index is 4.78. The van der Waals surface area contributed by atoms with Gasteiger partial charge in [-0.05, 0) is 50.2 Å². The van der Waals surface area contributed by atoms with E-state index in [1.165, 1.54) is 19.4 Å². The molecule has 1 saturated heterocycles. The Labute approximate surface area is 155 Å². The van der Waals surface area contributed by atoms with Gasteiger partial charge in [-0.25, -0.2) is 4.98 Å². The summed E-state index contributed by atoms with van der Waals surface area (Å²) in [6.45, 7) is 7.35. The largest absolute Gasteiger partial charge is 0.341 e. The van der Waals surface area contributed by atoms with Crippen LogP contribution in [0.3, 0.4) is 0 Å². The van der Waals surface area contributed by atoms with Crippen LogP contribution in [-0.4, -0.2) is 50.4 Å². The van der Waals surface area contributed by atoms with Gasteiger partial charge in [-0.3, -0.25) is 14.8 Å². The summed E-state index contributed by atoms with van der Waals surface area (Å²) >= 11 is 0. The number of para-hydroxylation sites is 2. The van der Waals surface area contributed by atoms with Crippen LogP contribution in [0.2, 0.25) is 0 Å². The zero-order valence-electron chi connectivity index (χ0n) is 15.4. The Kier molecular flexibility index (Phi) is 5.27. The van der Waals surface area contributed by atoms with Crippen molar-refractivity contribution >= 4 is 11.0 Å². The molecule has 1 aliphatic rings. The number of rotatable bonds is 7. The molecule has 0 radical (unpaired) electrons. The number of pyridine rings is 1. The summed E-state index contributed by atoms with van der Waals surface area (Å²) in [4.78, 5) is 17.9. The van der Waals surface area contributed by atoms with E-state index in [0.29, 0.717) is 6.04 Å².